The van der Waals surface area contributed by atoms with Crippen molar-refractivity contribution < 1.29 is 9.18 Å². The summed E-state index contributed by atoms with van der Waals surface area (Å²) >= 11 is 0. The maximum absolute atomic E-state index is 13.3. The molecule has 1 aromatic carbocycles. The number of nitrogens with one attached hydrogen (secondary N) is 1. The van der Waals surface area contributed by atoms with Crippen LogP contribution in [0.25, 0.3) is 0 Å². The number of hydrogen-bond donors (Lipinski definition) is 1. The van der Waals surface area contributed by atoms with Gasteiger partial charge in [0.2, 0.25) is 5.91 Å². The molecule has 1 aromatic rings. The van der Waals surface area contributed by atoms with Crippen LogP contribution in [-0.4, -0.2) is 24.5 Å². The fraction of sp³-hybridized carbons (Fsp3) is 0.533. The molecule has 102 valence electrons. The van der Waals surface area contributed by atoms with Crippen LogP contribution in [0.5, 0.6) is 0 Å². The molecule has 0 radical (unpaired) electrons. The van der Waals surface area contributed by atoms with E-state index in [0.29, 0.717) is 18.6 Å². The Labute approximate surface area is 112 Å². The number of carbonyl (C=O) groups is 1. The summed E-state index contributed by atoms with van der Waals surface area (Å²) in [5.74, 6) is -0.123. The molecule has 1 aliphatic carbocycles. The number of halogens is 1. The number of rotatable bonds is 3. The van der Waals surface area contributed by atoms with Gasteiger partial charge in [-0.15, -0.1) is 0 Å². The van der Waals surface area contributed by atoms with E-state index in [1.54, 1.807) is 12.1 Å². The molecule has 1 aliphatic heterocycles. The number of nitrogens with zero attached hydrogens (tertiary/aromatic N) is 1. The molecule has 0 aromatic heterocycles. The summed E-state index contributed by atoms with van der Waals surface area (Å²) < 4.78 is 13.3. The highest BCUT2D eigenvalue weighted by Gasteiger charge is 2.28. The van der Waals surface area contributed by atoms with Crippen LogP contribution in [0.15, 0.2) is 18.2 Å². The summed E-state index contributed by atoms with van der Waals surface area (Å²) in [6.07, 6.45) is 4.05. The topological polar surface area (TPSA) is 32.3 Å². The molecule has 1 atom stereocenters. The van der Waals surface area contributed by atoms with Crippen LogP contribution in [0.2, 0.25) is 0 Å². The summed E-state index contributed by atoms with van der Waals surface area (Å²) in [4.78, 5) is 14.1. The van der Waals surface area contributed by atoms with Gasteiger partial charge in [-0.3, -0.25) is 4.79 Å². The highest BCUT2D eigenvalue weighted by atomic mass is 19.1. The summed E-state index contributed by atoms with van der Waals surface area (Å²) in [7, 11) is 0. The second kappa shape index (κ2) is 4.83. The van der Waals surface area contributed by atoms with E-state index in [9.17, 15) is 9.18 Å². The smallest absolute Gasteiger partial charge is 0.239 e. The average Bonchev–Trinajstić information content (AvgIpc) is 3.16. The molecule has 0 bridgehead atoms. The van der Waals surface area contributed by atoms with E-state index in [2.05, 4.69) is 17.1 Å². The summed E-state index contributed by atoms with van der Waals surface area (Å²) in [5, 5.41) is 3.01. The average molecular weight is 262 g/mol. The third-order valence-corrected chi connectivity index (χ3v) is 3.97. The maximum Gasteiger partial charge on any atom is 0.239 e. The van der Waals surface area contributed by atoms with Gasteiger partial charge in [-0.2, -0.15) is 0 Å². The molecule has 1 fully saturated rings. The van der Waals surface area contributed by atoms with E-state index in [4.69, 9.17) is 0 Å². The highest BCUT2D eigenvalue weighted by Crippen LogP contribution is 2.31. The third kappa shape index (κ3) is 2.72. The molecule has 0 spiro atoms. The summed E-state index contributed by atoms with van der Waals surface area (Å²) in [6, 6.07) is 5.57. The Kier molecular flexibility index (Phi) is 3.17. The Morgan fingerprint density at radius 2 is 2.21 bits per heavy atom. The summed E-state index contributed by atoms with van der Waals surface area (Å²) in [6.45, 7) is 2.49. The zero-order valence-electron chi connectivity index (χ0n) is 11.2. The van der Waals surface area contributed by atoms with E-state index in [-0.39, 0.29) is 11.7 Å². The number of amides is 1. The van der Waals surface area contributed by atoms with E-state index in [1.165, 1.54) is 6.07 Å². The Balaban J connectivity index is 1.77. The first-order valence-corrected chi connectivity index (χ1v) is 6.98. The molecule has 3 rings (SSSR count). The van der Waals surface area contributed by atoms with Gasteiger partial charge in [-0.1, -0.05) is 0 Å². The number of hydrogen-bond acceptors (Lipinski definition) is 2. The van der Waals surface area contributed by atoms with Crippen LogP contribution in [0.4, 0.5) is 10.1 Å². The molecule has 2 aliphatic rings. The lowest BCUT2D eigenvalue weighted by Crippen LogP contribution is -2.44. The van der Waals surface area contributed by atoms with Gasteiger partial charge in [0.05, 0.1) is 6.54 Å². The van der Waals surface area contributed by atoms with Crippen LogP contribution in [0.3, 0.4) is 0 Å². The van der Waals surface area contributed by atoms with Crippen molar-refractivity contribution in [1.29, 1.82) is 0 Å². The highest BCUT2D eigenvalue weighted by molar-refractivity contribution is 5.82. The fourth-order valence-corrected chi connectivity index (χ4v) is 2.69. The van der Waals surface area contributed by atoms with Gasteiger partial charge in [0.1, 0.15) is 5.82 Å². The van der Waals surface area contributed by atoms with Crippen molar-refractivity contribution in [2.75, 3.05) is 11.4 Å². The van der Waals surface area contributed by atoms with E-state index in [0.717, 1.165) is 36.9 Å². The predicted molar refractivity (Wildman–Crippen MR) is 72.7 cm³/mol. The SMILES string of the molecule is CC1CCc2cc(F)ccc2N1CC(=O)NC1CC1. The first-order chi connectivity index (χ1) is 9.13. The molecule has 1 amide bonds. The van der Waals surface area contributed by atoms with Crippen molar-refractivity contribution in [3.8, 4) is 0 Å². The van der Waals surface area contributed by atoms with Crippen molar-refractivity contribution in [1.82, 2.24) is 5.32 Å². The van der Waals surface area contributed by atoms with Crippen molar-refractivity contribution in [3.63, 3.8) is 0 Å². The first-order valence-electron chi connectivity index (χ1n) is 6.98. The van der Waals surface area contributed by atoms with E-state index in [1.807, 2.05) is 0 Å². The Morgan fingerprint density at radius 1 is 1.42 bits per heavy atom. The van der Waals surface area contributed by atoms with Gasteiger partial charge in [0, 0.05) is 17.8 Å². The van der Waals surface area contributed by atoms with Crippen molar-refractivity contribution in [2.45, 2.75) is 44.7 Å². The van der Waals surface area contributed by atoms with Gasteiger partial charge < -0.3 is 10.2 Å². The quantitative estimate of drug-likeness (QED) is 0.906. The Morgan fingerprint density at radius 3 is 2.95 bits per heavy atom. The Hall–Kier alpha value is -1.58. The lowest BCUT2D eigenvalue weighted by atomic mass is 9.96. The minimum absolute atomic E-state index is 0.0755. The molecule has 4 heteroatoms. The zero-order chi connectivity index (χ0) is 13.4. The monoisotopic (exact) mass is 262 g/mol. The van der Waals surface area contributed by atoms with Gasteiger partial charge in [-0.05, 0) is 56.4 Å². The first kappa shape index (κ1) is 12.5. The molecule has 0 saturated heterocycles. The van der Waals surface area contributed by atoms with Crippen molar-refractivity contribution in [2.24, 2.45) is 0 Å². The number of benzene rings is 1. The second-order valence-corrected chi connectivity index (χ2v) is 5.63. The van der Waals surface area contributed by atoms with E-state index >= 15 is 0 Å². The molecular weight excluding hydrogens is 243 g/mol. The summed E-state index contributed by atoms with van der Waals surface area (Å²) in [5.41, 5.74) is 2.02. The molecular formula is C15H19FN2O. The fourth-order valence-electron chi connectivity index (χ4n) is 2.69. The largest absolute Gasteiger partial charge is 0.359 e. The standard InChI is InChI=1S/C15H19FN2O/c1-10-2-3-11-8-12(16)4-7-14(11)18(10)9-15(19)17-13-5-6-13/h4,7-8,10,13H,2-3,5-6,9H2,1H3,(H,17,19). The number of fused-ring (bicyclic) bond motifs is 1. The van der Waals surface area contributed by atoms with Crippen molar-refractivity contribution >= 4 is 11.6 Å². The van der Waals surface area contributed by atoms with Crippen LogP contribution >= 0.6 is 0 Å². The normalized spacial score (nSPS) is 22.0. The van der Waals surface area contributed by atoms with Crippen LogP contribution in [0, 0.1) is 5.82 Å². The van der Waals surface area contributed by atoms with Crippen LogP contribution < -0.4 is 10.2 Å². The van der Waals surface area contributed by atoms with Gasteiger partial charge in [0.25, 0.3) is 0 Å². The van der Waals surface area contributed by atoms with Crippen LogP contribution in [0.1, 0.15) is 31.7 Å². The second-order valence-electron chi connectivity index (χ2n) is 5.63. The molecule has 1 unspecified atom stereocenters. The lowest BCUT2D eigenvalue weighted by Gasteiger charge is -2.36. The minimum atomic E-state index is -0.198. The molecule has 1 N–H and O–H groups in total. The predicted octanol–water partition coefficient (Wildman–Crippen LogP) is 2.25. The Bertz CT molecular complexity index is 499. The van der Waals surface area contributed by atoms with Gasteiger partial charge in [-0.25, -0.2) is 4.39 Å². The molecule has 19 heavy (non-hydrogen) atoms. The minimum Gasteiger partial charge on any atom is -0.359 e. The zero-order valence-corrected chi connectivity index (χ0v) is 11.2. The third-order valence-electron chi connectivity index (χ3n) is 3.97. The lowest BCUT2D eigenvalue weighted by molar-refractivity contribution is -0.120. The molecule has 1 saturated carbocycles. The number of anilines is 1. The number of aryl methyl sites for hydroxylation is 1. The van der Waals surface area contributed by atoms with Gasteiger partial charge >= 0.3 is 0 Å². The molecule has 1 heterocycles. The van der Waals surface area contributed by atoms with E-state index < -0.39 is 0 Å². The van der Waals surface area contributed by atoms with Crippen molar-refractivity contribution in [3.05, 3.63) is 29.6 Å². The maximum atomic E-state index is 13.3. The van der Waals surface area contributed by atoms with Gasteiger partial charge in [0.15, 0.2) is 0 Å². The number of carbonyl (C=O) groups excluding carboxylic acids is 1. The van der Waals surface area contributed by atoms with Crippen LogP contribution in [-0.2, 0) is 11.2 Å². The molecule has 3 nitrogen and oxygen atoms in total.